The van der Waals surface area contributed by atoms with Gasteiger partial charge in [-0.15, -0.1) is 8.67 Å². The zero-order valence-corrected chi connectivity index (χ0v) is 30.8. The van der Waals surface area contributed by atoms with E-state index in [0.29, 0.717) is 24.6 Å². The highest BCUT2D eigenvalue weighted by Gasteiger charge is 2.37. The Bertz CT molecular complexity index is 1110. The first kappa shape index (κ1) is 44.2. The highest BCUT2D eigenvalue weighted by molar-refractivity contribution is 7.94. The van der Waals surface area contributed by atoms with Crippen LogP contribution in [-0.4, -0.2) is 135 Å². The summed E-state index contributed by atoms with van der Waals surface area (Å²) in [7, 11) is -8.35. The summed E-state index contributed by atoms with van der Waals surface area (Å²) in [4.78, 5) is 0. The summed E-state index contributed by atoms with van der Waals surface area (Å²) < 4.78 is 71.9. The van der Waals surface area contributed by atoms with Crippen LogP contribution in [0.1, 0.15) is 26.7 Å². The van der Waals surface area contributed by atoms with Gasteiger partial charge >= 0.3 is 0 Å². The first-order valence-corrected chi connectivity index (χ1v) is 20.9. The summed E-state index contributed by atoms with van der Waals surface area (Å²) in [5, 5.41) is 63.6. The predicted molar refractivity (Wildman–Crippen MR) is 182 cm³/mol. The molecule has 28 heteroatoms. The Balaban J connectivity index is 1.55. The van der Waals surface area contributed by atoms with Crippen molar-refractivity contribution in [1.82, 2.24) is 63.8 Å². The van der Waals surface area contributed by atoms with Gasteiger partial charge in [0.15, 0.2) is 0 Å². The molecule has 2 aliphatic heterocycles. The van der Waals surface area contributed by atoms with E-state index in [2.05, 4.69) is 96.4 Å². The van der Waals surface area contributed by atoms with Crippen LogP contribution in [0.5, 0.6) is 0 Å². The molecule has 3 rings (SSSR count). The van der Waals surface area contributed by atoms with Crippen molar-refractivity contribution >= 4 is 44.3 Å². The van der Waals surface area contributed by atoms with Gasteiger partial charge in [-0.05, 0) is 24.7 Å². The molecule has 2 heterocycles. The van der Waals surface area contributed by atoms with E-state index in [-0.39, 0.29) is 55.9 Å². The molecule has 8 unspecified atom stereocenters. The molecule has 0 radical (unpaired) electrons. The Morgan fingerprint density at radius 1 is 0.580 bits per heavy atom. The van der Waals surface area contributed by atoms with Gasteiger partial charge in [0.2, 0.25) is 0 Å². The quantitative estimate of drug-likeness (QED) is 0.0144. The maximum absolute atomic E-state index is 11.2. The molecule has 0 aromatic heterocycles. The summed E-state index contributed by atoms with van der Waals surface area (Å²) in [5.74, 6) is 0.430. The standard InChI is InChI=1S/C22H52N12O12S4/c1-13-12-16(28-22-33-19(25-5-9-49(37,38)39)30-20(34-22)26-6-10-50(40,41)42)14(2)11-15(13)27-21-31-17(23-3-7-47-45-43-35)29-18(32-21)24-4-8-48-46-44-36/h13-36H,3-12H2,1-2H3,(H,37,38,39)(H,40,41,42). The first-order chi connectivity index (χ1) is 23.7. The molecule has 1 saturated carbocycles. The maximum atomic E-state index is 11.2. The third-order valence-corrected chi connectivity index (χ3v) is 10.5. The van der Waals surface area contributed by atoms with Crippen molar-refractivity contribution in [2.24, 2.45) is 11.8 Å². The molecule has 3 aliphatic rings. The Labute approximate surface area is 300 Å². The monoisotopic (exact) mass is 804 g/mol. The molecular weight excluding hydrogens is 753 g/mol. The zero-order valence-electron chi connectivity index (χ0n) is 27.5. The van der Waals surface area contributed by atoms with Crippen LogP contribution < -0.4 is 63.8 Å². The van der Waals surface area contributed by atoms with Crippen molar-refractivity contribution in [2.75, 3.05) is 49.2 Å². The van der Waals surface area contributed by atoms with E-state index in [1.54, 1.807) is 0 Å². The van der Waals surface area contributed by atoms with Crippen molar-refractivity contribution in [3.8, 4) is 0 Å². The van der Waals surface area contributed by atoms with Crippen molar-refractivity contribution in [3.63, 3.8) is 0 Å². The predicted octanol–water partition coefficient (Wildman–Crippen LogP) is -4.49. The summed E-state index contributed by atoms with van der Waals surface area (Å²) >= 11 is 1.88. The number of nitrogens with one attached hydrogen (secondary N) is 12. The van der Waals surface area contributed by atoms with E-state index in [1.807, 2.05) is 0 Å². The zero-order chi connectivity index (χ0) is 36.6. The minimum absolute atomic E-state index is 0.0538. The van der Waals surface area contributed by atoms with Gasteiger partial charge in [-0.1, -0.05) is 23.9 Å². The molecular formula is C22H52N12O12S4. The Morgan fingerprint density at radius 2 is 0.900 bits per heavy atom. The fraction of sp³-hybridized carbons (Fsp3) is 1.00. The molecule has 3 fully saturated rings. The Kier molecular flexibility index (Phi) is 20.2. The number of rotatable bonds is 24. The van der Waals surface area contributed by atoms with E-state index < -0.39 is 50.6 Å². The third-order valence-electron chi connectivity index (χ3n) is 8.03. The highest BCUT2D eigenvalue weighted by Crippen LogP contribution is 2.29. The molecule has 1 aliphatic carbocycles. The number of hydrogen-bond acceptors (Lipinski definition) is 24. The molecule has 0 bridgehead atoms. The molecule has 2 saturated heterocycles. The molecule has 50 heavy (non-hydrogen) atoms. The maximum Gasteiger partial charge on any atom is 0.266 e. The van der Waals surface area contributed by atoms with Crippen LogP contribution in [0.25, 0.3) is 0 Å². The van der Waals surface area contributed by atoms with Gasteiger partial charge in [-0.25, -0.2) is 10.5 Å². The SMILES string of the molecule is CC1CC(NC2NC(NCCS(=O)(=O)O)NC(NCCS(=O)(=O)O)N2)C(C)CC1NC1NC(NCCSOOO)NC(NCCSOOO)N1. The molecule has 0 spiro atoms. The normalized spacial score (nSPS) is 32.7. The van der Waals surface area contributed by atoms with Crippen LogP contribution >= 0.6 is 24.1 Å². The average molecular weight is 805 g/mol. The topological polar surface area (TPSA) is 330 Å². The van der Waals surface area contributed by atoms with Crippen LogP contribution in [0.4, 0.5) is 0 Å². The minimum Gasteiger partial charge on any atom is -0.289 e. The Hall–Kier alpha value is -0.200. The van der Waals surface area contributed by atoms with E-state index in [9.17, 15) is 16.8 Å². The summed E-state index contributed by atoms with van der Waals surface area (Å²) in [6, 6.07) is 0.188. The van der Waals surface area contributed by atoms with Gasteiger partial charge in [-0.3, -0.25) is 72.9 Å². The third kappa shape index (κ3) is 18.2. The second-order valence-electron chi connectivity index (χ2n) is 11.9. The van der Waals surface area contributed by atoms with Gasteiger partial charge in [0.25, 0.3) is 20.2 Å². The van der Waals surface area contributed by atoms with Gasteiger partial charge in [-0.2, -0.15) is 16.8 Å². The minimum atomic E-state index is -4.18. The summed E-state index contributed by atoms with van der Waals surface area (Å²) in [5.41, 5.74) is 0. The highest BCUT2D eigenvalue weighted by atomic mass is 32.2. The van der Waals surface area contributed by atoms with Crippen LogP contribution in [0.3, 0.4) is 0 Å². The molecule has 0 amide bonds. The van der Waals surface area contributed by atoms with Crippen LogP contribution in [0, 0.1) is 11.8 Å². The van der Waals surface area contributed by atoms with Gasteiger partial charge < -0.3 is 0 Å². The van der Waals surface area contributed by atoms with E-state index in [4.69, 9.17) is 19.6 Å². The largest absolute Gasteiger partial charge is 0.289 e. The van der Waals surface area contributed by atoms with Crippen molar-refractivity contribution in [1.29, 1.82) is 0 Å². The van der Waals surface area contributed by atoms with Crippen LogP contribution in [0.15, 0.2) is 0 Å². The molecule has 0 aromatic rings. The van der Waals surface area contributed by atoms with Gasteiger partial charge in [0.1, 0.15) is 37.7 Å². The lowest BCUT2D eigenvalue weighted by Gasteiger charge is -2.47. The summed E-state index contributed by atoms with van der Waals surface area (Å²) in [6.07, 6.45) is -1.03. The lowest BCUT2D eigenvalue weighted by Crippen LogP contribution is -2.79. The fourth-order valence-corrected chi connectivity index (χ4v) is 7.08. The van der Waals surface area contributed by atoms with E-state index in [1.165, 1.54) is 0 Å². The lowest BCUT2D eigenvalue weighted by atomic mass is 9.76. The lowest BCUT2D eigenvalue weighted by molar-refractivity contribution is -0.432. The second-order valence-corrected chi connectivity index (χ2v) is 16.6. The molecule has 0 aromatic carbocycles. The smallest absolute Gasteiger partial charge is 0.266 e. The van der Waals surface area contributed by atoms with Crippen molar-refractivity contribution in [3.05, 3.63) is 0 Å². The fourth-order valence-electron chi connectivity index (χ4n) is 5.70. The molecule has 24 nitrogen and oxygen atoms in total. The van der Waals surface area contributed by atoms with Crippen molar-refractivity contribution in [2.45, 2.75) is 76.5 Å². The molecule has 296 valence electrons. The Morgan fingerprint density at radius 3 is 1.22 bits per heavy atom. The first-order valence-electron chi connectivity index (χ1n) is 15.9. The van der Waals surface area contributed by atoms with Crippen LogP contribution in [0.2, 0.25) is 0 Å². The number of hydrogen-bond donors (Lipinski definition) is 16. The second kappa shape index (κ2) is 22.9. The summed E-state index contributed by atoms with van der Waals surface area (Å²) in [6.45, 7) is 5.24. The molecule has 8 atom stereocenters. The average Bonchev–Trinajstić information content (AvgIpc) is 3.02. The van der Waals surface area contributed by atoms with E-state index in [0.717, 1.165) is 36.9 Å². The molecule has 16 N–H and O–H groups in total. The van der Waals surface area contributed by atoms with Crippen LogP contribution in [-0.2, 0) is 39.0 Å². The van der Waals surface area contributed by atoms with Gasteiger partial charge in [0, 0.05) is 73.9 Å². The van der Waals surface area contributed by atoms with E-state index >= 15 is 0 Å². The van der Waals surface area contributed by atoms with Gasteiger partial charge in [0.05, 0.1) is 11.5 Å². The van der Waals surface area contributed by atoms with Crippen molar-refractivity contribution < 1.29 is 55.2 Å².